The van der Waals surface area contributed by atoms with Crippen molar-refractivity contribution < 1.29 is 9.59 Å². The van der Waals surface area contributed by atoms with Crippen LogP contribution >= 0.6 is 12.4 Å². The van der Waals surface area contributed by atoms with Gasteiger partial charge in [-0.05, 0) is 24.1 Å². The van der Waals surface area contributed by atoms with Crippen molar-refractivity contribution in [3.8, 4) is 0 Å². The Balaban J connectivity index is 0.00000220. The number of carbonyl (C=O) groups is 2. The fourth-order valence-corrected chi connectivity index (χ4v) is 2.38. The summed E-state index contributed by atoms with van der Waals surface area (Å²) in [4.78, 5) is 25.6. The highest BCUT2D eigenvalue weighted by molar-refractivity contribution is 6.00. The van der Waals surface area contributed by atoms with E-state index in [1.807, 2.05) is 24.3 Å². The van der Waals surface area contributed by atoms with E-state index in [0.717, 1.165) is 12.1 Å². The lowest BCUT2D eigenvalue weighted by atomic mass is 10.1. The maximum atomic E-state index is 12.0. The Kier molecular flexibility index (Phi) is 6.65. The summed E-state index contributed by atoms with van der Waals surface area (Å²) in [5, 5.41) is 2.74. The molecule has 0 aromatic heterocycles. The molecular formula is C15H22ClN3O2. The monoisotopic (exact) mass is 311 g/mol. The van der Waals surface area contributed by atoms with Gasteiger partial charge in [-0.1, -0.05) is 19.1 Å². The van der Waals surface area contributed by atoms with Crippen LogP contribution in [0.5, 0.6) is 0 Å². The zero-order valence-electron chi connectivity index (χ0n) is 12.2. The summed E-state index contributed by atoms with van der Waals surface area (Å²) in [6, 6.07) is 7.92. The van der Waals surface area contributed by atoms with Crippen molar-refractivity contribution in [2.24, 2.45) is 11.7 Å². The van der Waals surface area contributed by atoms with Gasteiger partial charge >= 0.3 is 0 Å². The zero-order valence-corrected chi connectivity index (χ0v) is 13.0. The Hall–Kier alpha value is -1.59. The van der Waals surface area contributed by atoms with Crippen LogP contribution in [-0.2, 0) is 16.0 Å². The number of nitrogens with zero attached hydrogens (tertiary/aromatic N) is 1. The number of anilines is 1. The molecule has 1 aromatic rings. The predicted molar refractivity (Wildman–Crippen MR) is 85.6 cm³/mol. The van der Waals surface area contributed by atoms with Gasteiger partial charge in [0.1, 0.15) is 0 Å². The fraction of sp³-hybridized carbons (Fsp3) is 0.467. The average Bonchev–Trinajstić information content (AvgIpc) is 2.87. The Morgan fingerprint density at radius 2 is 2.05 bits per heavy atom. The van der Waals surface area contributed by atoms with E-state index in [2.05, 4.69) is 12.2 Å². The quantitative estimate of drug-likeness (QED) is 0.855. The molecule has 1 aliphatic rings. The maximum Gasteiger partial charge on any atom is 0.227 e. The first-order valence-corrected chi connectivity index (χ1v) is 7.02. The van der Waals surface area contributed by atoms with Gasteiger partial charge in [0.25, 0.3) is 0 Å². The minimum atomic E-state index is -0.278. The van der Waals surface area contributed by atoms with E-state index < -0.39 is 0 Å². The molecule has 0 spiro atoms. The highest BCUT2D eigenvalue weighted by Gasteiger charge is 2.34. The largest absolute Gasteiger partial charge is 0.355 e. The summed E-state index contributed by atoms with van der Waals surface area (Å²) in [5.74, 6) is -0.362. The van der Waals surface area contributed by atoms with Gasteiger partial charge in [-0.3, -0.25) is 9.59 Å². The SMILES string of the molecule is CCc1ccc(N2CC(C(=O)NCCN)CC2=O)cc1.Cl. The third-order valence-electron chi connectivity index (χ3n) is 3.60. The van der Waals surface area contributed by atoms with Gasteiger partial charge in [0.2, 0.25) is 11.8 Å². The van der Waals surface area contributed by atoms with Crippen molar-refractivity contribution in [2.75, 3.05) is 24.5 Å². The highest BCUT2D eigenvalue weighted by atomic mass is 35.5. The Morgan fingerprint density at radius 3 is 2.62 bits per heavy atom. The second kappa shape index (κ2) is 8.00. The topological polar surface area (TPSA) is 75.4 Å². The number of hydrogen-bond acceptors (Lipinski definition) is 3. The number of halogens is 1. The molecule has 6 heteroatoms. The Bertz CT molecular complexity index is 490. The molecule has 116 valence electrons. The van der Waals surface area contributed by atoms with Crippen LogP contribution < -0.4 is 16.0 Å². The molecule has 1 unspecified atom stereocenters. The summed E-state index contributed by atoms with van der Waals surface area (Å²) < 4.78 is 0. The molecule has 0 bridgehead atoms. The van der Waals surface area contributed by atoms with Crippen LogP contribution in [-0.4, -0.2) is 31.4 Å². The lowest BCUT2D eigenvalue weighted by molar-refractivity contribution is -0.126. The van der Waals surface area contributed by atoms with E-state index in [-0.39, 0.29) is 36.6 Å². The molecule has 0 radical (unpaired) electrons. The van der Waals surface area contributed by atoms with Crippen molar-refractivity contribution in [3.05, 3.63) is 29.8 Å². The Labute approximate surface area is 131 Å². The number of aryl methyl sites for hydroxylation is 1. The molecule has 5 nitrogen and oxygen atoms in total. The van der Waals surface area contributed by atoms with Crippen molar-refractivity contribution in [1.29, 1.82) is 0 Å². The molecule has 0 saturated carbocycles. The summed E-state index contributed by atoms with van der Waals surface area (Å²) in [5.41, 5.74) is 7.45. The molecule has 1 aliphatic heterocycles. The average molecular weight is 312 g/mol. The van der Waals surface area contributed by atoms with Crippen LogP contribution in [0.1, 0.15) is 18.9 Å². The molecular weight excluding hydrogens is 290 g/mol. The van der Waals surface area contributed by atoms with Crippen molar-refractivity contribution in [3.63, 3.8) is 0 Å². The normalized spacial score (nSPS) is 17.5. The van der Waals surface area contributed by atoms with Crippen LogP contribution in [0.3, 0.4) is 0 Å². The first kappa shape index (κ1) is 17.5. The van der Waals surface area contributed by atoms with Crippen LogP contribution in [0.2, 0.25) is 0 Å². The van der Waals surface area contributed by atoms with Crippen LogP contribution in [0.15, 0.2) is 24.3 Å². The summed E-state index contributed by atoms with van der Waals surface area (Å²) >= 11 is 0. The second-order valence-electron chi connectivity index (χ2n) is 5.01. The third-order valence-corrected chi connectivity index (χ3v) is 3.60. The van der Waals surface area contributed by atoms with Gasteiger partial charge in [-0.15, -0.1) is 12.4 Å². The smallest absolute Gasteiger partial charge is 0.227 e. The highest BCUT2D eigenvalue weighted by Crippen LogP contribution is 2.25. The molecule has 2 amide bonds. The van der Waals surface area contributed by atoms with Gasteiger partial charge in [0.15, 0.2) is 0 Å². The number of rotatable bonds is 5. The first-order valence-electron chi connectivity index (χ1n) is 7.02. The number of carbonyl (C=O) groups excluding carboxylic acids is 2. The van der Waals surface area contributed by atoms with Crippen molar-refractivity contribution in [1.82, 2.24) is 5.32 Å². The minimum absolute atomic E-state index is 0. The van der Waals surface area contributed by atoms with Crippen LogP contribution in [0, 0.1) is 5.92 Å². The van der Waals surface area contributed by atoms with E-state index in [1.54, 1.807) is 4.90 Å². The molecule has 2 rings (SSSR count). The van der Waals surface area contributed by atoms with Crippen LogP contribution in [0.25, 0.3) is 0 Å². The van der Waals surface area contributed by atoms with Crippen molar-refractivity contribution in [2.45, 2.75) is 19.8 Å². The first-order chi connectivity index (χ1) is 9.65. The maximum absolute atomic E-state index is 12.0. The van der Waals surface area contributed by atoms with Gasteiger partial charge in [-0.2, -0.15) is 0 Å². The van der Waals surface area contributed by atoms with E-state index in [0.29, 0.717) is 19.6 Å². The summed E-state index contributed by atoms with van der Waals surface area (Å²) in [6.07, 6.45) is 1.24. The van der Waals surface area contributed by atoms with E-state index >= 15 is 0 Å². The van der Waals surface area contributed by atoms with E-state index in [1.165, 1.54) is 5.56 Å². The van der Waals surface area contributed by atoms with E-state index in [9.17, 15) is 9.59 Å². The predicted octanol–water partition coefficient (Wildman–Crippen LogP) is 1.10. The molecule has 21 heavy (non-hydrogen) atoms. The molecule has 1 fully saturated rings. The molecule has 1 heterocycles. The standard InChI is InChI=1S/C15H21N3O2.ClH/c1-2-11-3-5-13(6-4-11)18-10-12(9-14(18)19)15(20)17-8-7-16;/h3-6,12H,2,7-10,16H2,1H3,(H,17,20);1H. The number of hydrogen-bond donors (Lipinski definition) is 2. The number of nitrogens with two attached hydrogens (primary N) is 1. The van der Waals surface area contributed by atoms with Crippen LogP contribution in [0.4, 0.5) is 5.69 Å². The summed E-state index contributed by atoms with van der Waals surface area (Å²) in [7, 11) is 0. The number of benzene rings is 1. The lowest BCUT2D eigenvalue weighted by Gasteiger charge is -2.17. The molecule has 3 N–H and O–H groups in total. The molecule has 1 aromatic carbocycles. The van der Waals surface area contributed by atoms with Crippen molar-refractivity contribution >= 4 is 29.9 Å². The van der Waals surface area contributed by atoms with Gasteiger partial charge < -0.3 is 16.0 Å². The molecule has 1 saturated heterocycles. The van der Waals surface area contributed by atoms with Gasteiger partial charge in [0.05, 0.1) is 5.92 Å². The lowest BCUT2D eigenvalue weighted by Crippen LogP contribution is -2.35. The number of nitrogens with one attached hydrogen (secondary N) is 1. The zero-order chi connectivity index (χ0) is 14.5. The van der Waals surface area contributed by atoms with E-state index in [4.69, 9.17) is 5.73 Å². The summed E-state index contributed by atoms with van der Waals surface area (Å²) in [6.45, 7) is 3.40. The third kappa shape index (κ3) is 4.19. The number of amides is 2. The van der Waals surface area contributed by atoms with Gasteiger partial charge in [0, 0.05) is 31.7 Å². The second-order valence-corrected chi connectivity index (χ2v) is 5.01. The Morgan fingerprint density at radius 1 is 1.38 bits per heavy atom. The molecule has 0 aliphatic carbocycles. The fourth-order valence-electron chi connectivity index (χ4n) is 2.38. The van der Waals surface area contributed by atoms with Gasteiger partial charge in [-0.25, -0.2) is 0 Å². The minimum Gasteiger partial charge on any atom is -0.355 e. The molecule has 1 atom stereocenters.